The van der Waals surface area contributed by atoms with Crippen LogP contribution in [0, 0.1) is 0 Å². The SMILES string of the molecule is COCCn1ccc(CNc2nc3nc(O[C@@H]4CO[C@H]5[C@@H]4OC[C@H]5O)[nH]c3cc2Cl)n1. The van der Waals surface area contributed by atoms with E-state index < -0.39 is 6.10 Å². The molecule has 0 aliphatic carbocycles. The predicted molar refractivity (Wildman–Crippen MR) is 110 cm³/mol. The Labute approximate surface area is 182 Å². The standard InChI is InChI=1S/C19H23ClN6O5/c1-28-5-4-26-3-2-10(25-26)7-21-17-11(20)6-12-18(23-17)24-19(22-12)31-14-9-30-15-13(27)8-29-16(14)15/h2-3,6,13-16,27H,4-5,7-9H2,1H3,(H2,21,22,23,24)/t13-,14-,15-,16-/m1/s1. The lowest BCUT2D eigenvalue weighted by Gasteiger charge is -2.15. The number of fused-ring (bicyclic) bond motifs is 2. The Morgan fingerprint density at radius 3 is 3.06 bits per heavy atom. The summed E-state index contributed by atoms with van der Waals surface area (Å²) in [4.78, 5) is 12.0. The maximum atomic E-state index is 9.86. The zero-order chi connectivity index (χ0) is 21.4. The van der Waals surface area contributed by atoms with Crippen molar-refractivity contribution in [1.82, 2.24) is 24.7 Å². The van der Waals surface area contributed by atoms with Gasteiger partial charge in [-0.3, -0.25) is 4.68 Å². The summed E-state index contributed by atoms with van der Waals surface area (Å²) in [7, 11) is 1.66. The number of aliphatic hydroxyl groups excluding tert-OH is 1. The van der Waals surface area contributed by atoms with Crippen LogP contribution < -0.4 is 10.1 Å². The highest BCUT2D eigenvalue weighted by atomic mass is 35.5. The molecule has 2 aliphatic rings. The van der Waals surface area contributed by atoms with Crippen molar-refractivity contribution < 1.29 is 24.1 Å². The maximum Gasteiger partial charge on any atom is 0.296 e. The van der Waals surface area contributed by atoms with Gasteiger partial charge in [0.2, 0.25) is 0 Å². The van der Waals surface area contributed by atoms with E-state index in [0.717, 1.165) is 5.69 Å². The van der Waals surface area contributed by atoms with Crippen molar-refractivity contribution in [2.75, 3.05) is 32.2 Å². The smallest absolute Gasteiger partial charge is 0.296 e. The summed E-state index contributed by atoms with van der Waals surface area (Å²) in [5.41, 5.74) is 1.97. The fourth-order valence-electron chi connectivity index (χ4n) is 3.75. The second kappa shape index (κ2) is 8.60. The first-order valence-corrected chi connectivity index (χ1v) is 10.4. The number of nitrogens with one attached hydrogen (secondary N) is 2. The van der Waals surface area contributed by atoms with Gasteiger partial charge >= 0.3 is 0 Å². The number of anilines is 1. The lowest BCUT2D eigenvalue weighted by atomic mass is 10.1. The lowest BCUT2D eigenvalue weighted by molar-refractivity contribution is 0.00706. The molecule has 0 amide bonds. The molecule has 0 saturated carbocycles. The van der Waals surface area contributed by atoms with Gasteiger partial charge in [-0.05, 0) is 12.1 Å². The summed E-state index contributed by atoms with van der Waals surface area (Å²) in [6.07, 6.45) is 0.228. The van der Waals surface area contributed by atoms with E-state index >= 15 is 0 Å². The molecular weight excluding hydrogens is 428 g/mol. The Hall–Kier alpha value is -2.44. The Kier molecular flexibility index (Phi) is 5.67. The Balaban J connectivity index is 1.25. The minimum atomic E-state index is -0.630. The van der Waals surface area contributed by atoms with Crippen LogP contribution in [0.3, 0.4) is 0 Å². The second-order valence-electron chi connectivity index (χ2n) is 7.47. The molecule has 3 aromatic heterocycles. The van der Waals surface area contributed by atoms with E-state index in [1.165, 1.54) is 0 Å². The third-order valence-electron chi connectivity index (χ3n) is 5.31. The number of aliphatic hydroxyl groups is 1. The number of aromatic amines is 1. The number of rotatable bonds is 8. The fourth-order valence-corrected chi connectivity index (χ4v) is 3.96. The highest BCUT2D eigenvalue weighted by molar-refractivity contribution is 6.33. The number of nitrogens with zero attached hydrogens (tertiary/aromatic N) is 4. The minimum absolute atomic E-state index is 0.242. The van der Waals surface area contributed by atoms with Crippen molar-refractivity contribution in [3.05, 3.63) is 29.0 Å². The minimum Gasteiger partial charge on any atom is -0.456 e. The summed E-state index contributed by atoms with van der Waals surface area (Å²) >= 11 is 6.39. The van der Waals surface area contributed by atoms with Gasteiger partial charge in [-0.25, -0.2) is 4.98 Å². The number of halogens is 1. The van der Waals surface area contributed by atoms with Crippen LogP contribution in [0.4, 0.5) is 5.82 Å². The number of imidazole rings is 1. The Bertz CT molecular complexity index is 1060. The van der Waals surface area contributed by atoms with E-state index in [0.29, 0.717) is 54.3 Å². The molecule has 0 radical (unpaired) electrons. The van der Waals surface area contributed by atoms with Crippen molar-refractivity contribution in [3.63, 3.8) is 0 Å². The van der Waals surface area contributed by atoms with Crippen LogP contribution >= 0.6 is 11.6 Å². The molecule has 166 valence electrons. The zero-order valence-electron chi connectivity index (χ0n) is 16.8. The molecule has 0 spiro atoms. The van der Waals surface area contributed by atoms with Gasteiger partial charge in [0, 0.05) is 13.3 Å². The van der Waals surface area contributed by atoms with Crippen molar-refractivity contribution in [1.29, 1.82) is 0 Å². The topological polar surface area (TPSA) is 129 Å². The number of hydrogen-bond donors (Lipinski definition) is 3. The molecule has 11 nitrogen and oxygen atoms in total. The summed E-state index contributed by atoms with van der Waals surface area (Å²) < 4.78 is 24.0. The van der Waals surface area contributed by atoms with Crippen LogP contribution in [0.1, 0.15) is 5.69 Å². The summed E-state index contributed by atoms with van der Waals surface area (Å²) in [5.74, 6) is 0.505. The van der Waals surface area contributed by atoms with E-state index in [2.05, 4.69) is 25.4 Å². The summed E-state index contributed by atoms with van der Waals surface area (Å²) in [6.45, 7) is 2.32. The first kappa shape index (κ1) is 20.5. The van der Waals surface area contributed by atoms with Gasteiger partial charge in [-0.1, -0.05) is 11.6 Å². The normalized spacial score (nSPS) is 25.3. The average molecular weight is 451 g/mol. The van der Waals surface area contributed by atoms with Gasteiger partial charge in [0.25, 0.3) is 6.01 Å². The third-order valence-corrected chi connectivity index (χ3v) is 5.60. The number of pyridine rings is 1. The average Bonchev–Trinajstić information content (AvgIpc) is 3.52. The van der Waals surface area contributed by atoms with Gasteiger partial charge in [0.15, 0.2) is 11.8 Å². The van der Waals surface area contributed by atoms with E-state index in [1.807, 2.05) is 16.9 Å². The van der Waals surface area contributed by atoms with Crippen molar-refractivity contribution >= 4 is 28.6 Å². The molecule has 2 saturated heterocycles. The molecule has 3 aromatic rings. The van der Waals surface area contributed by atoms with Gasteiger partial charge in [0.05, 0.1) is 49.1 Å². The van der Waals surface area contributed by atoms with E-state index in [4.69, 9.17) is 30.5 Å². The molecule has 0 bridgehead atoms. The first-order valence-electron chi connectivity index (χ1n) is 10.00. The molecular formula is C19H23ClN6O5. The molecule has 0 aromatic carbocycles. The van der Waals surface area contributed by atoms with Gasteiger partial charge in [-0.2, -0.15) is 10.1 Å². The molecule has 2 fully saturated rings. The molecule has 5 heterocycles. The summed E-state index contributed by atoms with van der Waals surface area (Å²) in [5, 5.41) is 18.0. The number of hydrogen-bond acceptors (Lipinski definition) is 9. The third kappa shape index (κ3) is 4.19. The van der Waals surface area contributed by atoms with Crippen LogP contribution in [-0.2, 0) is 27.3 Å². The van der Waals surface area contributed by atoms with Crippen LogP contribution in [0.15, 0.2) is 18.3 Å². The van der Waals surface area contributed by atoms with E-state index in [1.54, 1.807) is 13.2 Å². The molecule has 4 atom stereocenters. The van der Waals surface area contributed by atoms with Crippen molar-refractivity contribution in [3.8, 4) is 6.01 Å². The second-order valence-corrected chi connectivity index (χ2v) is 7.88. The van der Waals surface area contributed by atoms with Crippen LogP contribution in [-0.4, -0.2) is 81.2 Å². The Morgan fingerprint density at radius 2 is 2.19 bits per heavy atom. The summed E-state index contributed by atoms with van der Waals surface area (Å²) in [6, 6.07) is 3.97. The van der Waals surface area contributed by atoms with Crippen molar-refractivity contribution in [2.45, 2.75) is 37.5 Å². The van der Waals surface area contributed by atoms with E-state index in [-0.39, 0.29) is 24.9 Å². The molecule has 2 aliphatic heterocycles. The first-order chi connectivity index (χ1) is 15.1. The number of methoxy groups -OCH3 is 1. The largest absolute Gasteiger partial charge is 0.456 e. The number of aromatic nitrogens is 5. The molecule has 3 N–H and O–H groups in total. The number of ether oxygens (including phenoxy) is 4. The highest BCUT2D eigenvalue weighted by Gasteiger charge is 2.48. The Morgan fingerprint density at radius 1 is 1.32 bits per heavy atom. The zero-order valence-corrected chi connectivity index (χ0v) is 17.6. The van der Waals surface area contributed by atoms with Gasteiger partial charge in [0.1, 0.15) is 24.1 Å². The van der Waals surface area contributed by atoms with Crippen LogP contribution in [0.5, 0.6) is 6.01 Å². The fraction of sp³-hybridized carbons (Fsp3) is 0.526. The molecule has 12 heteroatoms. The monoisotopic (exact) mass is 450 g/mol. The lowest BCUT2D eigenvalue weighted by Crippen LogP contribution is -2.34. The maximum absolute atomic E-state index is 9.86. The van der Waals surface area contributed by atoms with Crippen LogP contribution in [0.25, 0.3) is 11.2 Å². The van der Waals surface area contributed by atoms with Gasteiger partial charge in [-0.15, -0.1) is 0 Å². The highest BCUT2D eigenvalue weighted by Crippen LogP contribution is 2.30. The quantitative estimate of drug-likeness (QED) is 0.459. The molecule has 0 unspecified atom stereocenters. The molecule has 31 heavy (non-hydrogen) atoms. The van der Waals surface area contributed by atoms with Crippen LogP contribution in [0.2, 0.25) is 5.02 Å². The molecule has 5 rings (SSSR count). The number of H-pyrrole nitrogens is 1. The van der Waals surface area contributed by atoms with Crippen molar-refractivity contribution in [2.24, 2.45) is 0 Å². The van der Waals surface area contributed by atoms with E-state index in [9.17, 15) is 5.11 Å². The predicted octanol–water partition coefficient (Wildman–Crippen LogP) is 0.972. The van der Waals surface area contributed by atoms with Gasteiger partial charge < -0.3 is 34.4 Å².